The maximum atomic E-state index is 13.3. The zero-order valence-corrected chi connectivity index (χ0v) is 9.29. The standard InChI is InChI=1S/C11H7BrFNO/c12-6-10(15)7-4-5-14-11-8(7)2-1-3-9(11)13/h1-5H,6H2. The Morgan fingerprint density at radius 2 is 2.20 bits per heavy atom. The molecule has 0 saturated carbocycles. The Morgan fingerprint density at radius 1 is 1.40 bits per heavy atom. The molecule has 0 aliphatic rings. The number of carbonyl (C=O) groups excluding carboxylic acids is 1. The average Bonchev–Trinajstić information content (AvgIpc) is 2.28. The molecule has 0 spiro atoms. The molecule has 1 aromatic heterocycles. The zero-order chi connectivity index (χ0) is 10.8. The van der Waals surface area contributed by atoms with Gasteiger partial charge in [-0.05, 0) is 12.1 Å². The highest BCUT2D eigenvalue weighted by molar-refractivity contribution is 9.09. The highest BCUT2D eigenvalue weighted by Crippen LogP contribution is 2.19. The Balaban J connectivity index is 2.77. The fraction of sp³-hybridized carbons (Fsp3) is 0.0909. The first-order valence-electron chi connectivity index (χ1n) is 4.36. The average molecular weight is 268 g/mol. The minimum absolute atomic E-state index is 0.0759. The molecule has 2 aromatic rings. The molecule has 2 rings (SSSR count). The first-order valence-corrected chi connectivity index (χ1v) is 5.48. The molecular formula is C11H7BrFNO. The summed E-state index contributed by atoms with van der Waals surface area (Å²) in [5.41, 5.74) is 0.737. The monoisotopic (exact) mass is 267 g/mol. The Hall–Kier alpha value is -1.29. The molecule has 0 aliphatic carbocycles. The maximum Gasteiger partial charge on any atom is 0.174 e. The van der Waals surface area contributed by atoms with Crippen molar-refractivity contribution in [2.75, 3.05) is 5.33 Å². The predicted octanol–water partition coefficient (Wildman–Crippen LogP) is 2.95. The number of ketones is 1. The van der Waals surface area contributed by atoms with Crippen LogP contribution in [0.4, 0.5) is 4.39 Å². The van der Waals surface area contributed by atoms with Crippen LogP contribution in [0.25, 0.3) is 10.9 Å². The number of hydrogen-bond acceptors (Lipinski definition) is 2. The molecule has 0 atom stereocenters. The van der Waals surface area contributed by atoms with Gasteiger partial charge in [0.1, 0.15) is 11.3 Å². The van der Waals surface area contributed by atoms with Crippen LogP contribution in [0.5, 0.6) is 0 Å². The third kappa shape index (κ3) is 1.77. The van der Waals surface area contributed by atoms with Gasteiger partial charge in [-0.1, -0.05) is 28.1 Å². The van der Waals surface area contributed by atoms with Gasteiger partial charge in [-0.2, -0.15) is 0 Å². The van der Waals surface area contributed by atoms with Gasteiger partial charge in [0, 0.05) is 17.1 Å². The fourth-order valence-electron chi connectivity index (χ4n) is 1.46. The molecule has 4 heteroatoms. The Labute approximate surface area is 94.3 Å². The third-order valence-electron chi connectivity index (χ3n) is 2.14. The van der Waals surface area contributed by atoms with Crippen LogP contribution in [0.15, 0.2) is 30.5 Å². The van der Waals surface area contributed by atoms with Crippen molar-refractivity contribution in [1.82, 2.24) is 4.98 Å². The molecule has 0 bridgehead atoms. The van der Waals surface area contributed by atoms with Crippen LogP contribution in [0.1, 0.15) is 10.4 Å². The van der Waals surface area contributed by atoms with E-state index in [2.05, 4.69) is 20.9 Å². The van der Waals surface area contributed by atoms with E-state index in [9.17, 15) is 9.18 Å². The summed E-state index contributed by atoms with van der Waals surface area (Å²) in [5, 5.41) is 0.782. The van der Waals surface area contributed by atoms with Crippen LogP contribution in [0.3, 0.4) is 0 Å². The molecule has 0 N–H and O–H groups in total. The highest BCUT2D eigenvalue weighted by atomic mass is 79.9. The van der Waals surface area contributed by atoms with Crippen molar-refractivity contribution >= 4 is 32.6 Å². The van der Waals surface area contributed by atoms with Gasteiger partial charge in [0.15, 0.2) is 5.78 Å². The van der Waals surface area contributed by atoms with Gasteiger partial charge in [0.25, 0.3) is 0 Å². The van der Waals surface area contributed by atoms with Crippen LogP contribution in [-0.4, -0.2) is 16.1 Å². The number of carbonyl (C=O) groups is 1. The summed E-state index contributed by atoms with van der Waals surface area (Å²) >= 11 is 3.09. The predicted molar refractivity (Wildman–Crippen MR) is 59.8 cm³/mol. The molecule has 1 aromatic carbocycles. The summed E-state index contributed by atoms with van der Waals surface area (Å²) in [6.45, 7) is 0. The molecule has 0 saturated heterocycles. The van der Waals surface area contributed by atoms with Gasteiger partial charge in [-0.15, -0.1) is 0 Å². The van der Waals surface area contributed by atoms with Crippen LogP contribution < -0.4 is 0 Å². The molecule has 76 valence electrons. The first-order chi connectivity index (χ1) is 7.24. The van der Waals surface area contributed by atoms with E-state index < -0.39 is 5.82 Å². The molecule has 1 heterocycles. The Kier molecular flexibility index (Phi) is 2.77. The molecule has 0 radical (unpaired) electrons. The van der Waals surface area contributed by atoms with Gasteiger partial charge in [-0.25, -0.2) is 4.39 Å². The molecular weight excluding hydrogens is 261 g/mol. The quantitative estimate of drug-likeness (QED) is 0.619. The number of rotatable bonds is 2. The minimum atomic E-state index is -0.406. The second-order valence-corrected chi connectivity index (χ2v) is 3.61. The van der Waals surface area contributed by atoms with Crippen LogP contribution in [0, 0.1) is 5.82 Å². The van der Waals surface area contributed by atoms with E-state index in [-0.39, 0.29) is 16.6 Å². The van der Waals surface area contributed by atoms with E-state index in [1.165, 1.54) is 12.3 Å². The molecule has 0 amide bonds. The van der Waals surface area contributed by atoms with Crippen LogP contribution in [-0.2, 0) is 0 Å². The van der Waals surface area contributed by atoms with Crippen molar-refractivity contribution in [3.05, 3.63) is 41.8 Å². The third-order valence-corrected chi connectivity index (χ3v) is 2.65. The number of fused-ring (bicyclic) bond motifs is 1. The largest absolute Gasteiger partial charge is 0.293 e. The number of aromatic nitrogens is 1. The van der Waals surface area contributed by atoms with Gasteiger partial charge >= 0.3 is 0 Å². The van der Waals surface area contributed by atoms with Gasteiger partial charge in [0.05, 0.1) is 5.33 Å². The summed E-state index contributed by atoms with van der Waals surface area (Å²) in [7, 11) is 0. The van der Waals surface area contributed by atoms with Crippen LogP contribution >= 0.6 is 15.9 Å². The highest BCUT2D eigenvalue weighted by Gasteiger charge is 2.10. The second-order valence-electron chi connectivity index (χ2n) is 3.05. The van der Waals surface area contributed by atoms with Crippen molar-refractivity contribution in [3.8, 4) is 0 Å². The minimum Gasteiger partial charge on any atom is -0.293 e. The van der Waals surface area contributed by atoms with E-state index in [4.69, 9.17) is 0 Å². The molecule has 2 nitrogen and oxygen atoms in total. The molecule has 0 aliphatic heterocycles. The van der Waals surface area contributed by atoms with Gasteiger partial charge in [-0.3, -0.25) is 9.78 Å². The maximum absolute atomic E-state index is 13.3. The number of alkyl halides is 1. The Morgan fingerprint density at radius 3 is 2.93 bits per heavy atom. The second kappa shape index (κ2) is 4.06. The van der Waals surface area contributed by atoms with Crippen molar-refractivity contribution in [2.24, 2.45) is 0 Å². The number of para-hydroxylation sites is 1. The SMILES string of the molecule is O=C(CBr)c1ccnc2c(F)cccc12. The summed E-state index contributed by atoms with van der Waals surface area (Å²) < 4.78 is 13.3. The van der Waals surface area contributed by atoms with Gasteiger partial charge in [0.2, 0.25) is 0 Å². The lowest BCUT2D eigenvalue weighted by Gasteiger charge is -2.03. The Bertz CT molecular complexity index is 527. The van der Waals surface area contributed by atoms with Crippen molar-refractivity contribution in [1.29, 1.82) is 0 Å². The number of hydrogen-bond donors (Lipinski definition) is 0. The molecule has 15 heavy (non-hydrogen) atoms. The van der Waals surface area contributed by atoms with Crippen molar-refractivity contribution in [2.45, 2.75) is 0 Å². The lowest BCUT2D eigenvalue weighted by atomic mass is 10.1. The van der Waals surface area contributed by atoms with E-state index in [1.807, 2.05) is 0 Å². The van der Waals surface area contributed by atoms with Gasteiger partial charge < -0.3 is 0 Å². The normalized spacial score (nSPS) is 10.5. The first kappa shape index (κ1) is 10.2. The lowest BCUT2D eigenvalue weighted by molar-refractivity contribution is 0.102. The smallest absolute Gasteiger partial charge is 0.174 e. The summed E-state index contributed by atoms with van der Waals surface area (Å²) in [6, 6.07) is 6.20. The summed E-state index contributed by atoms with van der Waals surface area (Å²) in [6.07, 6.45) is 1.45. The number of halogens is 2. The molecule has 0 unspecified atom stereocenters. The van der Waals surface area contributed by atoms with Crippen molar-refractivity contribution in [3.63, 3.8) is 0 Å². The van der Waals surface area contributed by atoms with E-state index in [0.717, 1.165) is 0 Å². The van der Waals surface area contributed by atoms with E-state index in [1.54, 1.807) is 18.2 Å². The number of pyridine rings is 1. The fourth-order valence-corrected chi connectivity index (χ4v) is 1.76. The van der Waals surface area contributed by atoms with E-state index >= 15 is 0 Å². The zero-order valence-electron chi connectivity index (χ0n) is 7.71. The number of nitrogens with zero attached hydrogens (tertiary/aromatic N) is 1. The number of Topliss-reactive ketones (excluding diaryl/α,β-unsaturated/α-hetero) is 1. The molecule has 0 fully saturated rings. The van der Waals surface area contributed by atoms with Crippen LogP contribution in [0.2, 0.25) is 0 Å². The summed E-state index contributed by atoms with van der Waals surface area (Å²) in [5.74, 6) is -0.482. The van der Waals surface area contributed by atoms with Crippen molar-refractivity contribution < 1.29 is 9.18 Å². The topological polar surface area (TPSA) is 30.0 Å². The number of benzene rings is 1. The van der Waals surface area contributed by atoms with E-state index in [0.29, 0.717) is 10.9 Å². The lowest BCUT2D eigenvalue weighted by Crippen LogP contribution is -2.01. The summed E-state index contributed by atoms with van der Waals surface area (Å²) in [4.78, 5) is 15.5.